The number of piperidine rings is 1. The van der Waals surface area contributed by atoms with Gasteiger partial charge in [0.1, 0.15) is 5.60 Å². The third-order valence-corrected chi connectivity index (χ3v) is 3.61. The van der Waals surface area contributed by atoms with Crippen molar-refractivity contribution >= 4 is 5.97 Å². The van der Waals surface area contributed by atoms with Crippen LogP contribution in [0.5, 0.6) is 0 Å². The summed E-state index contributed by atoms with van der Waals surface area (Å²) in [5.74, 6) is -0.210. The van der Waals surface area contributed by atoms with Crippen LogP contribution in [0.2, 0.25) is 0 Å². The van der Waals surface area contributed by atoms with Crippen molar-refractivity contribution in [1.82, 2.24) is 5.32 Å². The van der Waals surface area contributed by atoms with Gasteiger partial charge in [0.15, 0.2) is 0 Å². The quantitative estimate of drug-likeness (QED) is 0.748. The fraction of sp³-hybridized carbons (Fsp3) is 0.357. The molecule has 0 aliphatic carbocycles. The number of rotatable bonds is 1. The third-order valence-electron chi connectivity index (χ3n) is 3.61. The Kier molecular flexibility index (Phi) is 2.30. The summed E-state index contributed by atoms with van der Waals surface area (Å²) < 4.78 is 5.34. The maximum Gasteiger partial charge on any atom is 0.331 e. The van der Waals surface area contributed by atoms with Crippen molar-refractivity contribution < 1.29 is 9.53 Å². The Balaban J connectivity index is 1.85. The topological polar surface area (TPSA) is 38.3 Å². The molecule has 3 heteroatoms. The average molecular weight is 229 g/mol. The molecule has 1 saturated heterocycles. The van der Waals surface area contributed by atoms with E-state index >= 15 is 0 Å². The van der Waals surface area contributed by atoms with Gasteiger partial charge >= 0.3 is 5.97 Å². The lowest BCUT2D eigenvalue weighted by atomic mass is 9.85. The molecule has 3 rings (SSSR count). The molecular weight excluding hydrogens is 214 g/mol. The molecule has 1 fully saturated rings. The lowest BCUT2D eigenvalue weighted by Crippen LogP contribution is -2.46. The largest absolute Gasteiger partial charge is 0.450 e. The van der Waals surface area contributed by atoms with Gasteiger partial charge in [-0.25, -0.2) is 4.79 Å². The molecular formula is C14H15NO2. The molecule has 2 aliphatic heterocycles. The summed E-state index contributed by atoms with van der Waals surface area (Å²) in [6.07, 6.45) is 2.49. The number of esters is 1. The van der Waals surface area contributed by atoms with Crippen LogP contribution in [-0.2, 0) is 9.53 Å². The first kappa shape index (κ1) is 10.5. The Hall–Kier alpha value is -1.61. The van der Waals surface area contributed by atoms with E-state index in [4.69, 9.17) is 4.74 Å². The van der Waals surface area contributed by atoms with Crippen molar-refractivity contribution in [3.63, 3.8) is 0 Å². The smallest absolute Gasteiger partial charge is 0.331 e. The Labute approximate surface area is 100 Å². The maximum absolute atomic E-state index is 11.3. The van der Waals surface area contributed by atoms with Crippen molar-refractivity contribution in [2.24, 2.45) is 0 Å². The summed E-state index contributed by atoms with van der Waals surface area (Å²) in [4.78, 5) is 11.3. The van der Waals surface area contributed by atoms with Gasteiger partial charge in [-0.15, -0.1) is 0 Å². The second-order valence-corrected chi connectivity index (χ2v) is 4.87. The molecule has 0 spiro atoms. The first-order valence-corrected chi connectivity index (χ1v) is 5.90. The summed E-state index contributed by atoms with van der Waals surface area (Å²) >= 11 is 0. The van der Waals surface area contributed by atoms with Crippen molar-refractivity contribution in [2.45, 2.75) is 25.0 Å². The van der Waals surface area contributed by atoms with Gasteiger partial charge in [0.25, 0.3) is 0 Å². The number of hydrogen-bond acceptors (Lipinski definition) is 3. The van der Waals surface area contributed by atoms with Crippen LogP contribution in [-0.4, -0.2) is 18.1 Å². The van der Waals surface area contributed by atoms with Crippen LogP contribution in [0.25, 0.3) is 0 Å². The first-order valence-electron chi connectivity index (χ1n) is 5.90. The van der Waals surface area contributed by atoms with E-state index in [1.165, 1.54) is 5.56 Å². The minimum atomic E-state index is -0.428. The molecule has 2 heterocycles. The Bertz CT molecular complexity index is 480. The highest BCUT2D eigenvalue weighted by molar-refractivity contribution is 5.87. The average Bonchev–Trinajstić information content (AvgIpc) is 2.63. The van der Waals surface area contributed by atoms with E-state index in [9.17, 15) is 4.79 Å². The molecule has 17 heavy (non-hydrogen) atoms. The SMILES string of the molecule is CC12CNC(c3ccccc3)CC1=CC(=O)O2. The predicted octanol–water partition coefficient (Wildman–Crippen LogP) is 1.96. The number of carbonyl (C=O) groups excluding carboxylic acids is 1. The standard InChI is InChI=1S/C14H15NO2/c1-14-9-15-12(10-5-3-2-4-6-10)7-11(14)8-13(16)17-14/h2-6,8,12,15H,7,9H2,1H3. The van der Waals surface area contributed by atoms with Gasteiger partial charge < -0.3 is 10.1 Å². The Morgan fingerprint density at radius 3 is 2.88 bits per heavy atom. The molecule has 0 aromatic heterocycles. The predicted molar refractivity (Wildman–Crippen MR) is 64.4 cm³/mol. The number of hydrogen-bond donors (Lipinski definition) is 1. The van der Waals surface area contributed by atoms with Crippen molar-refractivity contribution in [1.29, 1.82) is 0 Å². The van der Waals surface area contributed by atoms with Gasteiger partial charge in [0.2, 0.25) is 0 Å². The fourth-order valence-corrected chi connectivity index (χ4v) is 2.57. The summed E-state index contributed by atoms with van der Waals surface area (Å²) in [7, 11) is 0. The van der Waals surface area contributed by atoms with Gasteiger partial charge in [-0.3, -0.25) is 0 Å². The molecule has 2 aliphatic rings. The number of ether oxygens (including phenoxy) is 1. The number of nitrogens with one attached hydrogen (secondary N) is 1. The van der Waals surface area contributed by atoms with Crippen molar-refractivity contribution in [2.75, 3.05) is 6.54 Å². The highest BCUT2D eigenvalue weighted by atomic mass is 16.6. The van der Waals surface area contributed by atoms with E-state index in [1.807, 2.05) is 25.1 Å². The second-order valence-electron chi connectivity index (χ2n) is 4.87. The zero-order valence-electron chi connectivity index (χ0n) is 9.77. The highest BCUT2D eigenvalue weighted by Gasteiger charge is 2.42. The fourth-order valence-electron chi connectivity index (χ4n) is 2.57. The Morgan fingerprint density at radius 2 is 2.12 bits per heavy atom. The van der Waals surface area contributed by atoms with E-state index in [-0.39, 0.29) is 12.0 Å². The minimum Gasteiger partial charge on any atom is -0.450 e. The number of fused-ring (bicyclic) bond motifs is 1. The molecule has 1 N–H and O–H groups in total. The molecule has 2 atom stereocenters. The summed E-state index contributed by atoms with van der Waals surface area (Å²) in [5.41, 5.74) is 1.94. The van der Waals surface area contributed by atoms with Gasteiger partial charge in [-0.1, -0.05) is 30.3 Å². The van der Waals surface area contributed by atoms with Crippen LogP contribution in [0.3, 0.4) is 0 Å². The van der Waals surface area contributed by atoms with E-state index < -0.39 is 5.60 Å². The van der Waals surface area contributed by atoms with Crippen LogP contribution in [0, 0.1) is 0 Å². The van der Waals surface area contributed by atoms with Crippen LogP contribution in [0.15, 0.2) is 42.0 Å². The summed E-state index contributed by atoms with van der Waals surface area (Å²) in [5, 5.41) is 3.45. The Morgan fingerprint density at radius 1 is 1.35 bits per heavy atom. The van der Waals surface area contributed by atoms with Gasteiger partial charge in [0.05, 0.1) is 0 Å². The van der Waals surface area contributed by atoms with Crippen molar-refractivity contribution in [3.05, 3.63) is 47.5 Å². The number of benzene rings is 1. The lowest BCUT2D eigenvalue weighted by molar-refractivity contribution is -0.145. The zero-order chi connectivity index (χ0) is 11.9. The van der Waals surface area contributed by atoms with E-state index in [1.54, 1.807) is 6.08 Å². The zero-order valence-corrected chi connectivity index (χ0v) is 9.77. The molecule has 2 unspecified atom stereocenters. The molecule has 88 valence electrons. The first-order chi connectivity index (χ1) is 8.17. The molecule has 3 nitrogen and oxygen atoms in total. The number of carbonyl (C=O) groups is 1. The van der Waals surface area contributed by atoms with Crippen LogP contribution in [0.1, 0.15) is 24.9 Å². The van der Waals surface area contributed by atoms with E-state index in [2.05, 4.69) is 17.4 Å². The maximum atomic E-state index is 11.3. The molecule has 0 saturated carbocycles. The van der Waals surface area contributed by atoms with Gasteiger partial charge in [0, 0.05) is 18.7 Å². The molecule has 1 aromatic rings. The lowest BCUT2D eigenvalue weighted by Gasteiger charge is -2.36. The summed E-state index contributed by atoms with van der Waals surface area (Å²) in [6.45, 7) is 2.65. The van der Waals surface area contributed by atoms with Gasteiger partial charge in [-0.2, -0.15) is 0 Å². The van der Waals surface area contributed by atoms with Crippen molar-refractivity contribution in [3.8, 4) is 0 Å². The second kappa shape index (κ2) is 3.70. The highest BCUT2D eigenvalue weighted by Crippen LogP contribution is 2.38. The van der Waals surface area contributed by atoms with Crippen LogP contribution < -0.4 is 5.32 Å². The molecule has 0 bridgehead atoms. The third kappa shape index (κ3) is 1.76. The monoisotopic (exact) mass is 229 g/mol. The van der Waals surface area contributed by atoms with Gasteiger partial charge in [-0.05, 0) is 24.5 Å². The molecule has 0 radical (unpaired) electrons. The minimum absolute atomic E-state index is 0.210. The van der Waals surface area contributed by atoms with E-state index in [0.29, 0.717) is 6.54 Å². The van der Waals surface area contributed by atoms with E-state index in [0.717, 1.165) is 12.0 Å². The normalized spacial score (nSPS) is 31.7. The molecule has 1 aromatic carbocycles. The van der Waals surface area contributed by atoms with Crippen LogP contribution in [0.4, 0.5) is 0 Å². The summed E-state index contributed by atoms with van der Waals surface area (Å²) in [6, 6.07) is 10.6. The molecule has 0 amide bonds. The van der Waals surface area contributed by atoms with Crippen LogP contribution >= 0.6 is 0 Å².